The van der Waals surface area contributed by atoms with Gasteiger partial charge < -0.3 is 24.6 Å². The lowest BCUT2D eigenvalue weighted by Crippen LogP contribution is -2.15. The number of nitrogens with two attached hydrogens (primary N) is 1. The molecule has 2 heterocycles. The smallest absolute Gasteiger partial charge is 0.327 e. The normalized spacial score (nSPS) is 12.6. The third-order valence-corrected chi connectivity index (χ3v) is 6.02. The van der Waals surface area contributed by atoms with Crippen LogP contribution in [-0.4, -0.2) is 36.7 Å². The molecule has 0 radical (unpaired) electrons. The highest BCUT2D eigenvalue weighted by Crippen LogP contribution is 2.32. The Labute approximate surface area is 180 Å². The van der Waals surface area contributed by atoms with Gasteiger partial charge in [0.1, 0.15) is 10.0 Å². The standard InChI is InChI=1S/C19H26N5O4PS/c1-3-4-5-6-7-16-21-17(24-28-16)13-8-9-14(12(2)10-13)18-22-23-19(30-18)15(20)11-27-29(25)26/h8-10,15,25-26H,3-7,11,20H2,1-2H3. The predicted octanol–water partition coefficient (Wildman–Crippen LogP) is 3.91. The van der Waals surface area contributed by atoms with Gasteiger partial charge in [0.25, 0.3) is 0 Å². The molecule has 0 aliphatic carbocycles. The molecular formula is C19H26N5O4PS. The molecule has 1 unspecified atom stereocenters. The lowest BCUT2D eigenvalue weighted by molar-refractivity contribution is 0.238. The van der Waals surface area contributed by atoms with Crippen molar-refractivity contribution in [1.29, 1.82) is 0 Å². The number of nitrogens with zero attached hydrogens (tertiary/aromatic N) is 4. The van der Waals surface area contributed by atoms with Crippen LogP contribution in [0.2, 0.25) is 0 Å². The van der Waals surface area contributed by atoms with Crippen molar-refractivity contribution in [3.63, 3.8) is 0 Å². The van der Waals surface area contributed by atoms with Crippen LogP contribution in [-0.2, 0) is 10.9 Å². The Hall–Kier alpha value is -1.81. The summed E-state index contributed by atoms with van der Waals surface area (Å²) in [5.74, 6) is 1.25. The molecular weight excluding hydrogens is 425 g/mol. The first-order valence-corrected chi connectivity index (χ1v) is 11.8. The molecule has 11 heteroatoms. The molecule has 4 N–H and O–H groups in total. The van der Waals surface area contributed by atoms with E-state index in [9.17, 15) is 0 Å². The van der Waals surface area contributed by atoms with Gasteiger partial charge >= 0.3 is 8.60 Å². The second kappa shape index (κ2) is 11.0. The van der Waals surface area contributed by atoms with Gasteiger partial charge in [-0.1, -0.05) is 54.8 Å². The minimum Gasteiger partial charge on any atom is -0.339 e. The quantitative estimate of drug-likeness (QED) is 0.292. The first kappa shape index (κ1) is 22.9. The fourth-order valence-electron chi connectivity index (χ4n) is 2.93. The van der Waals surface area contributed by atoms with E-state index in [1.54, 1.807) is 0 Å². The third kappa shape index (κ3) is 6.10. The number of aryl methyl sites for hydroxylation is 2. The highest BCUT2D eigenvalue weighted by Gasteiger charge is 2.17. The summed E-state index contributed by atoms with van der Waals surface area (Å²) in [4.78, 5) is 22.2. The highest BCUT2D eigenvalue weighted by atomic mass is 32.1. The predicted molar refractivity (Wildman–Crippen MR) is 115 cm³/mol. The summed E-state index contributed by atoms with van der Waals surface area (Å²) in [6.07, 6.45) is 5.44. The first-order valence-electron chi connectivity index (χ1n) is 9.81. The van der Waals surface area contributed by atoms with E-state index in [4.69, 9.17) is 24.6 Å². The van der Waals surface area contributed by atoms with Crippen LogP contribution >= 0.6 is 19.9 Å². The van der Waals surface area contributed by atoms with Gasteiger partial charge in [-0.2, -0.15) is 4.98 Å². The summed E-state index contributed by atoms with van der Waals surface area (Å²) in [6.45, 7) is 4.13. The molecule has 9 nitrogen and oxygen atoms in total. The zero-order chi connectivity index (χ0) is 21.5. The van der Waals surface area contributed by atoms with Gasteiger partial charge in [0.05, 0.1) is 12.6 Å². The van der Waals surface area contributed by atoms with Gasteiger partial charge in [-0.25, -0.2) is 0 Å². The van der Waals surface area contributed by atoms with Crippen molar-refractivity contribution in [1.82, 2.24) is 20.3 Å². The van der Waals surface area contributed by atoms with Gasteiger partial charge in [0.2, 0.25) is 11.7 Å². The summed E-state index contributed by atoms with van der Waals surface area (Å²) in [5, 5.41) is 13.7. The topological polar surface area (TPSA) is 140 Å². The average molecular weight is 451 g/mol. The Kier molecular flexibility index (Phi) is 8.38. The van der Waals surface area contributed by atoms with Crippen molar-refractivity contribution in [3.05, 3.63) is 34.7 Å². The molecule has 2 aromatic heterocycles. The van der Waals surface area contributed by atoms with Gasteiger partial charge in [-0.15, -0.1) is 10.2 Å². The van der Waals surface area contributed by atoms with Crippen LogP contribution in [0.4, 0.5) is 0 Å². The molecule has 1 aromatic carbocycles. The van der Waals surface area contributed by atoms with E-state index in [0.29, 0.717) is 16.7 Å². The Bertz CT molecular complexity index is 949. The lowest BCUT2D eigenvalue weighted by atomic mass is 10.1. The molecule has 0 fully saturated rings. The maximum Gasteiger partial charge on any atom is 0.327 e. The van der Waals surface area contributed by atoms with Crippen molar-refractivity contribution in [2.75, 3.05) is 6.61 Å². The van der Waals surface area contributed by atoms with E-state index in [-0.39, 0.29) is 6.61 Å². The van der Waals surface area contributed by atoms with Crippen LogP contribution in [0, 0.1) is 6.92 Å². The largest absolute Gasteiger partial charge is 0.339 e. The summed E-state index contributed by atoms with van der Waals surface area (Å²) >= 11 is 1.35. The fraction of sp³-hybridized carbons (Fsp3) is 0.474. The van der Waals surface area contributed by atoms with Crippen molar-refractivity contribution < 1.29 is 18.8 Å². The molecule has 0 aliphatic rings. The van der Waals surface area contributed by atoms with Crippen molar-refractivity contribution >= 4 is 19.9 Å². The second-order valence-corrected chi connectivity index (χ2v) is 8.73. The molecule has 30 heavy (non-hydrogen) atoms. The molecule has 0 amide bonds. The minimum absolute atomic E-state index is 0.0378. The van der Waals surface area contributed by atoms with E-state index in [0.717, 1.165) is 34.5 Å². The van der Waals surface area contributed by atoms with Crippen molar-refractivity contribution in [3.8, 4) is 22.0 Å². The third-order valence-electron chi connectivity index (χ3n) is 4.55. The Morgan fingerprint density at radius 1 is 1.23 bits per heavy atom. The number of aromatic nitrogens is 4. The molecule has 0 aliphatic heterocycles. The zero-order valence-electron chi connectivity index (χ0n) is 17.0. The maximum atomic E-state index is 8.85. The van der Waals surface area contributed by atoms with E-state index in [2.05, 4.69) is 27.3 Å². The minimum atomic E-state index is -2.44. The summed E-state index contributed by atoms with van der Waals surface area (Å²) in [5.41, 5.74) is 8.79. The average Bonchev–Trinajstić information content (AvgIpc) is 3.39. The molecule has 0 bridgehead atoms. The van der Waals surface area contributed by atoms with Gasteiger partial charge in [-0.05, 0) is 25.0 Å². The van der Waals surface area contributed by atoms with Crippen LogP contribution in [0.1, 0.15) is 55.1 Å². The van der Waals surface area contributed by atoms with Gasteiger partial charge in [-0.3, -0.25) is 0 Å². The number of hydrogen-bond donors (Lipinski definition) is 3. The highest BCUT2D eigenvalue weighted by molar-refractivity contribution is 7.39. The van der Waals surface area contributed by atoms with E-state index < -0.39 is 14.6 Å². The summed E-state index contributed by atoms with van der Waals surface area (Å²) < 4.78 is 10.1. The van der Waals surface area contributed by atoms with Crippen LogP contribution < -0.4 is 5.73 Å². The molecule has 162 valence electrons. The van der Waals surface area contributed by atoms with E-state index in [1.165, 1.54) is 30.6 Å². The van der Waals surface area contributed by atoms with Crippen molar-refractivity contribution in [2.45, 2.75) is 52.0 Å². The number of rotatable bonds is 11. The Morgan fingerprint density at radius 2 is 2.07 bits per heavy atom. The Balaban J connectivity index is 1.68. The van der Waals surface area contributed by atoms with Gasteiger partial charge in [0, 0.05) is 17.5 Å². The molecule has 0 saturated carbocycles. The zero-order valence-corrected chi connectivity index (χ0v) is 18.7. The van der Waals surface area contributed by atoms with E-state index in [1.807, 2.05) is 25.1 Å². The maximum absolute atomic E-state index is 8.85. The SMILES string of the molecule is CCCCCCc1nc(-c2ccc(-c3nnc(C(N)COP(O)O)s3)c(C)c2)no1. The van der Waals surface area contributed by atoms with E-state index >= 15 is 0 Å². The number of benzene rings is 1. The molecule has 3 rings (SSSR count). The number of hydrogen-bond acceptors (Lipinski definition) is 10. The van der Waals surface area contributed by atoms with Crippen LogP contribution in [0.15, 0.2) is 22.7 Å². The van der Waals surface area contributed by atoms with Crippen molar-refractivity contribution in [2.24, 2.45) is 5.73 Å². The molecule has 3 aromatic rings. The van der Waals surface area contributed by atoms with Crippen LogP contribution in [0.3, 0.4) is 0 Å². The monoisotopic (exact) mass is 451 g/mol. The molecule has 0 spiro atoms. The van der Waals surface area contributed by atoms with Crippen LogP contribution in [0.5, 0.6) is 0 Å². The van der Waals surface area contributed by atoms with Crippen LogP contribution in [0.25, 0.3) is 22.0 Å². The summed E-state index contributed by atoms with van der Waals surface area (Å²) in [6, 6.07) is 5.31. The number of unbranched alkanes of at least 4 members (excludes halogenated alkanes) is 3. The molecule has 1 atom stereocenters. The Morgan fingerprint density at radius 3 is 2.80 bits per heavy atom. The first-order chi connectivity index (χ1) is 14.5. The second-order valence-electron chi connectivity index (χ2n) is 6.95. The molecule has 0 saturated heterocycles. The lowest BCUT2D eigenvalue weighted by Gasteiger charge is -2.08. The van der Waals surface area contributed by atoms with Gasteiger partial charge in [0.15, 0.2) is 0 Å². The summed E-state index contributed by atoms with van der Waals surface area (Å²) in [7, 11) is -2.44. The fourth-order valence-corrected chi connectivity index (χ4v) is 4.14.